The van der Waals surface area contributed by atoms with Gasteiger partial charge in [-0.1, -0.05) is 6.08 Å². The van der Waals surface area contributed by atoms with Crippen LogP contribution in [-0.2, 0) is 0 Å². The Hall–Kier alpha value is -0.920. The van der Waals surface area contributed by atoms with Crippen LogP contribution in [-0.4, -0.2) is 24.5 Å². The second-order valence-corrected chi connectivity index (χ2v) is 3.32. The van der Waals surface area contributed by atoms with Gasteiger partial charge in [0.25, 0.3) is 0 Å². The van der Waals surface area contributed by atoms with Crippen LogP contribution in [0.15, 0.2) is 18.0 Å². The fourth-order valence-electron chi connectivity index (χ4n) is 1.75. The van der Waals surface area contributed by atoms with Crippen LogP contribution >= 0.6 is 0 Å². The molecule has 0 spiro atoms. The van der Waals surface area contributed by atoms with Crippen LogP contribution in [0.3, 0.4) is 0 Å². The zero-order valence-electron chi connectivity index (χ0n) is 7.34. The van der Waals surface area contributed by atoms with Crippen LogP contribution in [0.1, 0.15) is 19.3 Å². The Balaban J connectivity index is 1.97. The first-order chi connectivity index (χ1) is 5.97. The van der Waals surface area contributed by atoms with Gasteiger partial charge in [0.1, 0.15) is 5.82 Å². The summed E-state index contributed by atoms with van der Waals surface area (Å²) in [6, 6.07) is 0. The number of nitrogens with one attached hydrogen (secondary N) is 1. The zero-order valence-corrected chi connectivity index (χ0v) is 7.34. The van der Waals surface area contributed by atoms with Gasteiger partial charge < -0.3 is 10.2 Å². The highest BCUT2D eigenvalue weighted by molar-refractivity contribution is 5.13. The summed E-state index contributed by atoms with van der Waals surface area (Å²) >= 11 is 0. The zero-order chi connectivity index (χ0) is 8.23. The SMILES string of the molecule is [C]1=CC=C(N2CCCCC2)NC1. The monoisotopic (exact) mass is 163 g/mol. The van der Waals surface area contributed by atoms with Crippen molar-refractivity contribution in [1.82, 2.24) is 10.2 Å². The summed E-state index contributed by atoms with van der Waals surface area (Å²) in [6.45, 7) is 3.29. The molecule has 2 aliphatic rings. The molecule has 12 heavy (non-hydrogen) atoms. The number of nitrogens with zero attached hydrogens (tertiary/aromatic N) is 1. The predicted octanol–water partition coefficient (Wildman–Crippen LogP) is 1.28. The molecule has 0 aromatic carbocycles. The number of likely N-dealkylation sites (tertiary alicyclic amines) is 1. The molecule has 0 bridgehead atoms. The summed E-state index contributed by atoms with van der Waals surface area (Å²) in [7, 11) is 0. The smallest absolute Gasteiger partial charge is 0.102 e. The van der Waals surface area contributed by atoms with Crippen LogP contribution in [0.4, 0.5) is 0 Å². The van der Waals surface area contributed by atoms with Crippen LogP contribution < -0.4 is 5.32 Å². The first-order valence-corrected chi connectivity index (χ1v) is 4.72. The maximum atomic E-state index is 3.33. The van der Waals surface area contributed by atoms with Crippen molar-refractivity contribution in [1.29, 1.82) is 0 Å². The van der Waals surface area contributed by atoms with E-state index in [1.165, 1.54) is 38.2 Å². The second kappa shape index (κ2) is 3.65. The topological polar surface area (TPSA) is 15.3 Å². The van der Waals surface area contributed by atoms with E-state index in [0.717, 1.165) is 6.54 Å². The minimum Gasteiger partial charge on any atom is -0.368 e. The third-order valence-corrected chi connectivity index (χ3v) is 2.43. The van der Waals surface area contributed by atoms with E-state index in [1.54, 1.807) is 0 Å². The van der Waals surface area contributed by atoms with Gasteiger partial charge in [-0.05, 0) is 31.4 Å². The molecule has 1 radical (unpaired) electrons. The summed E-state index contributed by atoms with van der Waals surface area (Å²) in [5.74, 6) is 1.29. The molecule has 1 N–H and O–H groups in total. The summed E-state index contributed by atoms with van der Waals surface area (Å²) in [4.78, 5) is 2.43. The quantitative estimate of drug-likeness (QED) is 0.626. The highest BCUT2D eigenvalue weighted by atomic mass is 15.2. The molecule has 1 fully saturated rings. The predicted molar refractivity (Wildman–Crippen MR) is 49.3 cm³/mol. The Kier molecular flexibility index (Phi) is 2.35. The number of piperidine rings is 1. The lowest BCUT2D eigenvalue weighted by Gasteiger charge is -2.31. The van der Waals surface area contributed by atoms with Crippen LogP contribution in [0.25, 0.3) is 0 Å². The van der Waals surface area contributed by atoms with Crippen molar-refractivity contribution >= 4 is 0 Å². The van der Waals surface area contributed by atoms with E-state index in [-0.39, 0.29) is 0 Å². The average molecular weight is 163 g/mol. The number of allylic oxidation sites excluding steroid dienone is 2. The fourth-order valence-corrected chi connectivity index (χ4v) is 1.75. The molecule has 65 valence electrons. The molecule has 2 nitrogen and oxygen atoms in total. The lowest BCUT2D eigenvalue weighted by Crippen LogP contribution is -2.36. The lowest BCUT2D eigenvalue weighted by atomic mass is 10.1. The van der Waals surface area contributed by atoms with E-state index in [1.807, 2.05) is 6.08 Å². The van der Waals surface area contributed by atoms with Gasteiger partial charge in [0, 0.05) is 19.6 Å². The van der Waals surface area contributed by atoms with Gasteiger partial charge >= 0.3 is 0 Å². The van der Waals surface area contributed by atoms with Gasteiger partial charge in [0.05, 0.1) is 0 Å². The highest BCUT2D eigenvalue weighted by Crippen LogP contribution is 2.13. The third-order valence-electron chi connectivity index (χ3n) is 2.43. The highest BCUT2D eigenvalue weighted by Gasteiger charge is 2.12. The van der Waals surface area contributed by atoms with E-state index in [2.05, 4.69) is 22.4 Å². The molecule has 0 saturated carbocycles. The molecule has 0 aromatic rings. The molecular weight excluding hydrogens is 148 g/mol. The molecule has 2 rings (SSSR count). The van der Waals surface area contributed by atoms with Gasteiger partial charge in [-0.15, -0.1) is 0 Å². The number of rotatable bonds is 1. The van der Waals surface area contributed by atoms with E-state index < -0.39 is 0 Å². The van der Waals surface area contributed by atoms with Crippen molar-refractivity contribution in [3.05, 3.63) is 24.0 Å². The molecule has 2 aliphatic heterocycles. The Morgan fingerprint density at radius 2 is 2.08 bits per heavy atom. The van der Waals surface area contributed by atoms with Gasteiger partial charge in [-0.3, -0.25) is 0 Å². The Morgan fingerprint density at radius 1 is 1.25 bits per heavy atom. The van der Waals surface area contributed by atoms with E-state index in [9.17, 15) is 0 Å². The summed E-state index contributed by atoms with van der Waals surface area (Å²) in [5.41, 5.74) is 0. The normalized spacial score (nSPS) is 23.3. The van der Waals surface area contributed by atoms with Crippen molar-refractivity contribution in [2.24, 2.45) is 0 Å². The van der Waals surface area contributed by atoms with Gasteiger partial charge in [-0.25, -0.2) is 0 Å². The molecule has 2 heteroatoms. The van der Waals surface area contributed by atoms with Crippen LogP contribution in [0, 0.1) is 6.08 Å². The van der Waals surface area contributed by atoms with E-state index in [0.29, 0.717) is 0 Å². The number of hydrogen-bond acceptors (Lipinski definition) is 2. The Morgan fingerprint density at radius 3 is 2.75 bits per heavy atom. The van der Waals surface area contributed by atoms with Crippen LogP contribution in [0.2, 0.25) is 0 Å². The Bertz CT molecular complexity index is 200. The maximum Gasteiger partial charge on any atom is 0.102 e. The van der Waals surface area contributed by atoms with Crippen LogP contribution in [0.5, 0.6) is 0 Å². The molecule has 0 unspecified atom stereocenters. The van der Waals surface area contributed by atoms with E-state index >= 15 is 0 Å². The molecule has 0 atom stereocenters. The number of hydrogen-bond donors (Lipinski definition) is 1. The molecular formula is C10H15N2. The van der Waals surface area contributed by atoms with Gasteiger partial charge in [0.2, 0.25) is 0 Å². The van der Waals surface area contributed by atoms with Crippen molar-refractivity contribution in [3.8, 4) is 0 Å². The minimum absolute atomic E-state index is 0.863. The Labute approximate surface area is 73.9 Å². The summed E-state index contributed by atoms with van der Waals surface area (Å²) in [6.07, 6.45) is 11.3. The first kappa shape index (κ1) is 7.71. The second-order valence-electron chi connectivity index (χ2n) is 3.32. The van der Waals surface area contributed by atoms with Crippen molar-refractivity contribution < 1.29 is 0 Å². The van der Waals surface area contributed by atoms with Crippen molar-refractivity contribution in [2.75, 3.05) is 19.6 Å². The third kappa shape index (κ3) is 1.63. The van der Waals surface area contributed by atoms with Gasteiger partial charge in [0.15, 0.2) is 0 Å². The summed E-state index contributed by atoms with van der Waals surface area (Å²) in [5, 5.41) is 3.33. The molecule has 0 aromatic heterocycles. The lowest BCUT2D eigenvalue weighted by molar-refractivity contribution is 0.268. The molecule has 0 aliphatic carbocycles. The van der Waals surface area contributed by atoms with Gasteiger partial charge in [-0.2, -0.15) is 0 Å². The fraction of sp³-hybridized carbons (Fsp3) is 0.600. The first-order valence-electron chi connectivity index (χ1n) is 4.72. The molecule has 1 saturated heterocycles. The molecule has 2 heterocycles. The van der Waals surface area contributed by atoms with Crippen molar-refractivity contribution in [3.63, 3.8) is 0 Å². The van der Waals surface area contributed by atoms with Crippen molar-refractivity contribution in [2.45, 2.75) is 19.3 Å². The minimum atomic E-state index is 0.863. The van der Waals surface area contributed by atoms with E-state index in [4.69, 9.17) is 0 Å². The standard InChI is InChI=1S/C10H15N2/c1-4-8-12(9-5-1)10-6-2-3-7-11-10/h2,6,11H,1,4-5,7-9H2. The molecule has 0 amide bonds. The maximum absolute atomic E-state index is 3.33. The largest absolute Gasteiger partial charge is 0.368 e. The summed E-state index contributed by atoms with van der Waals surface area (Å²) < 4.78 is 0. The number of dihydropyridines is 1. The average Bonchev–Trinajstić information content (AvgIpc) is 2.21.